The van der Waals surface area contributed by atoms with Gasteiger partial charge in [0.05, 0.1) is 11.5 Å². The molecule has 1 rings (SSSR count). The molecule has 0 radical (unpaired) electrons. The van der Waals surface area contributed by atoms with Crippen molar-refractivity contribution in [1.29, 1.82) is 0 Å². The Morgan fingerprint density at radius 2 is 1.95 bits per heavy atom. The quantitative estimate of drug-likeness (QED) is 0.360. The van der Waals surface area contributed by atoms with Crippen molar-refractivity contribution in [2.24, 2.45) is 5.16 Å². The Morgan fingerprint density at radius 3 is 2.53 bits per heavy atom. The van der Waals surface area contributed by atoms with E-state index in [9.17, 15) is 13.2 Å². The van der Waals surface area contributed by atoms with Gasteiger partial charge in [-0.05, 0) is 19.1 Å². The number of benzene rings is 1. The van der Waals surface area contributed by atoms with Gasteiger partial charge in [-0.2, -0.15) is 0 Å². The summed E-state index contributed by atoms with van der Waals surface area (Å²) in [4.78, 5) is 15.2. The van der Waals surface area contributed by atoms with Crippen LogP contribution >= 0.6 is 11.6 Å². The van der Waals surface area contributed by atoms with Gasteiger partial charge >= 0.3 is 6.16 Å². The Hall–Kier alpha value is -1.60. The predicted octanol–water partition coefficient (Wildman–Crippen LogP) is 2.19. The largest absolute Gasteiger partial charge is 0.535 e. The van der Waals surface area contributed by atoms with Gasteiger partial charge in [0.25, 0.3) is 0 Å². The Labute approximate surface area is 115 Å². The van der Waals surface area contributed by atoms with Gasteiger partial charge in [0.15, 0.2) is 15.0 Å². The highest BCUT2D eigenvalue weighted by molar-refractivity contribution is 7.92. The summed E-state index contributed by atoms with van der Waals surface area (Å²) in [5.74, 6) is -0.558. The summed E-state index contributed by atoms with van der Waals surface area (Å²) in [7, 11) is -3.61. The van der Waals surface area contributed by atoms with Crippen LogP contribution in [0.1, 0.15) is 6.92 Å². The minimum atomic E-state index is -3.61. The third-order valence-corrected chi connectivity index (χ3v) is 3.90. The summed E-state index contributed by atoms with van der Waals surface area (Å²) in [6.45, 7) is 1.71. The number of halogens is 1. The second kappa shape index (κ2) is 7.10. The molecule has 0 aromatic heterocycles. The van der Waals surface area contributed by atoms with Crippen LogP contribution in [0.25, 0.3) is 0 Å². The highest BCUT2D eigenvalue weighted by Crippen LogP contribution is 2.11. The first kappa shape index (κ1) is 15.5. The average molecular weight is 306 g/mol. The minimum absolute atomic E-state index is 0.111. The third-order valence-electron chi connectivity index (χ3n) is 1.89. The molecule has 0 saturated carbocycles. The van der Waals surface area contributed by atoms with E-state index in [2.05, 4.69) is 14.7 Å². The zero-order valence-corrected chi connectivity index (χ0v) is 11.6. The van der Waals surface area contributed by atoms with E-state index in [0.717, 1.165) is 0 Å². The highest BCUT2D eigenvalue weighted by atomic mass is 35.5. The van der Waals surface area contributed by atoms with Crippen molar-refractivity contribution in [1.82, 2.24) is 0 Å². The molecule has 19 heavy (non-hydrogen) atoms. The summed E-state index contributed by atoms with van der Waals surface area (Å²) >= 11 is 5.60. The van der Waals surface area contributed by atoms with Gasteiger partial charge in [-0.25, -0.2) is 13.2 Å². The summed E-state index contributed by atoms with van der Waals surface area (Å²) in [6, 6.07) is 7.75. The van der Waals surface area contributed by atoms with Crippen LogP contribution in [-0.2, 0) is 19.4 Å². The second-order valence-corrected chi connectivity index (χ2v) is 5.74. The molecule has 1 aromatic carbocycles. The lowest BCUT2D eigenvalue weighted by Crippen LogP contribution is -2.13. The van der Waals surface area contributed by atoms with Gasteiger partial charge in [0, 0.05) is 0 Å². The molecule has 0 bridgehead atoms. The van der Waals surface area contributed by atoms with E-state index >= 15 is 0 Å². The van der Waals surface area contributed by atoms with Crippen molar-refractivity contribution in [2.75, 3.05) is 12.4 Å². The van der Waals surface area contributed by atoms with Crippen molar-refractivity contribution < 1.29 is 22.8 Å². The van der Waals surface area contributed by atoms with Crippen LogP contribution < -0.4 is 0 Å². The zero-order valence-electron chi connectivity index (χ0n) is 10.1. The monoisotopic (exact) mass is 305 g/mol. The Balaban J connectivity index is 2.69. The van der Waals surface area contributed by atoms with Gasteiger partial charge in [0.2, 0.25) is 0 Å². The summed E-state index contributed by atoms with van der Waals surface area (Å²) in [5.41, 5.74) is 0. The molecule has 0 amide bonds. The van der Waals surface area contributed by atoms with Crippen molar-refractivity contribution in [3.63, 3.8) is 0 Å². The molecule has 0 N–H and O–H groups in total. The van der Waals surface area contributed by atoms with Crippen LogP contribution in [0.5, 0.6) is 0 Å². The first-order valence-electron chi connectivity index (χ1n) is 5.29. The fraction of sp³-hybridized carbons (Fsp3) is 0.273. The molecule has 0 aliphatic heterocycles. The highest BCUT2D eigenvalue weighted by Gasteiger charge is 2.17. The van der Waals surface area contributed by atoms with E-state index in [1.54, 1.807) is 25.1 Å². The van der Waals surface area contributed by atoms with E-state index in [-0.39, 0.29) is 16.7 Å². The first-order valence-corrected chi connectivity index (χ1v) is 7.32. The molecule has 0 spiro atoms. The second-order valence-electron chi connectivity index (χ2n) is 3.31. The SMILES string of the molecule is CCOC(=O)ON=C(Cl)CS(=O)(=O)c1ccccc1. The van der Waals surface area contributed by atoms with Crippen LogP contribution in [0.4, 0.5) is 4.79 Å². The van der Waals surface area contributed by atoms with Gasteiger partial charge in [-0.1, -0.05) is 35.0 Å². The molecule has 8 heteroatoms. The average Bonchev–Trinajstić information content (AvgIpc) is 2.37. The van der Waals surface area contributed by atoms with Crippen LogP contribution in [0.2, 0.25) is 0 Å². The van der Waals surface area contributed by atoms with Crippen LogP contribution in [0.3, 0.4) is 0 Å². The molecule has 1 aromatic rings. The van der Waals surface area contributed by atoms with E-state index in [0.29, 0.717) is 0 Å². The van der Waals surface area contributed by atoms with Crippen molar-refractivity contribution in [2.45, 2.75) is 11.8 Å². The fourth-order valence-electron chi connectivity index (χ4n) is 1.13. The molecule has 0 heterocycles. The van der Waals surface area contributed by atoms with Gasteiger partial charge in [-0.3, -0.25) is 4.84 Å². The number of hydrogen-bond acceptors (Lipinski definition) is 6. The molecular formula is C11H12ClNO5S. The normalized spacial score (nSPS) is 12.0. The number of carbonyl (C=O) groups excluding carboxylic acids is 1. The van der Waals surface area contributed by atoms with Gasteiger partial charge in [-0.15, -0.1) is 0 Å². The molecule has 0 atom stereocenters. The lowest BCUT2D eigenvalue weighted by molar-refractivity contribution is 0.0615. The predicted molar refractivity (Wildman–Crippen MR) is 69.9 cm³/mol. The van der Waals surface area contributed by atoms with Crippen molar-refractivity contribution in [3.05, 3.63) is 30.3 Å². The number of ether oxygens (including phenoxy) is 1. The maximum absolute atomic E-state index is 11.9. The van der Waals surface area contributed by atoms with E-state index in [4.69, 9.17) is 11.6 Å². The number of carbonyl (C=O) groups is 1. The number of nitrogens with zero attached hydrogens (tertiary/aromatic N) is 1. The van der Waals surface area contributed by atoms with Crippen LogP contribution in [0.15, 0.2) is 40.4 Å². The molecule has 0 unspecified atom stereocenters. The topological polar surface area (TPSA) is 82.0 Å². The molecule has 6 nitrogen and oxygen atoms in total. The number of sulfone groups is 1. The maximum Gasteiger partial charge on any atom is 0.535 e. The number of hydrogen-bond donors (Lipinski definition) is 0. The van der Waals surface area contributed by atoms with Crippen LogP contribution in [-0.4, -0.2) is 32.1 Å². The zero-order chi connectivity index (χ0) is 14.3. The fourth-order valence-corrected chi connectivity index (χ4v) is 2.70. The first-order chi connectivity index (χ1) is 8.95. The maximum atomic E-state index is 11.9. The smallest absolute Gasteiger partial charge is 0.433 e. The van der Waals surface area contributed by atoms with E-state index in [1.165, 1.54) is 12.1 Å². The minimum Gasteiger partial charge on any atom is -0.433 e. The number of oxime groups is 1. The molecule has 0 aliphatic rings. The molecule has 104 valence electrons. The molecule has 0 fully saturated rings. The van der Waals surface area contributed by atoms with E-state index in [1.807, 2.05) is 0 Å². The Kier molecular flexibility index (Phi) is 5.78. The lowest BCUT2D eigenvalue weighted by Gasteiger charge is -2.02. The Morgan fingerprint density at radius 1 is 1.32 bits per heavy atom. The summed E-state index contributed by atoms with van der Waals surface area (Å²) in [6.07, 6.45) is -1.04. The number of rotatable bonds is 5. The van der Waals surface area contributed by atoms with Crippen molar-refractivity contribution in [3.8, 4) is 0 Å². The lowest BCUT2D eigenvalue weighted by atomic mass is 10.4. The van der Waals surface area contributed by atoms with Crippen molar-refractivity contribution >= 4 is 32.8 Å². The molecular weight excluding hydrogens is 294 g/mol. The van der Waals surface area contributed by atoms with Crippen LogP contribution in [0, 0.1) is 0 Å². The van der Waals surface area contributed by atoms with E-state index < -0.39 is 21.7 Å². The summed E-state index contributed by atoms with van der Waals surface area (Å²) in [5, 5.41) is 2.82. The molecule has 0 saturated heterocycles. The van der Waals surface area contributed by atoms with Gasteiger partial charge < -0.3 is 4.74 Å². The third kappa shape index (κ3) is 5.27. The Bertz CT molecular complexity index is 556. The summed E-state index contributed by atoms with van der Waals surface area (Å²) < 4.78 is 28.2. The standard InChI is InChI=1S/C11H12ClNO5S/c1-2-17-11(14)18-13-10(12)8-19(15,16)9-6-4-3-5-7-9/h3-7H,2,8H2,1H3. The molecule has 0 aliphatic carbocycles. The van der Waals surface area contributed by atoms with Gasteiger partial charge in [0.1, 0.15) is 5.75 Å².